The zero-order valence-electron chi connectivity index (χ0n) is 21.0. The number of aromatic nitrogens is 2. The third-order valence-corrected chi connectivity index (χ3v) is 8.32. The minimum absolute atomic E-state index is 0.133. The first kappa shape index (κ1) is 25.0. The number of piperazine rings is 1. The van der Waals surface area contributed by atoms with E-state index in [1.54, 1.807) is 18.2 Å². The third kappa shape index (κ3) is 5.23. The number of nitrogens with zero attached hydrogens (tertiary/aromatic N) is 4. The molecule has 8 nitrogen and oxygen atoms in total. The first-order valence-corrected chi connectivity index (χ1v) is 13.9. The van der Waals surface area contributed by atoms with Crippen LogP contribution < -0.4 is 14.4 Å². The zero-order valence-corrected chi connectivity index (χ0v) is 21.8. The summed E-state index contributed by atoms with van der Waals surface area (Å²) >= 11 is 0. The maximum absolute atomic E-state index is 13.5. The topological polar surface area (TPSA) is 84.9 Å². The predicted octanol–water partition coefficient (Wildman–Crippen LogP) is 4.61. The molecule has 0 unspecified atom stereocenters. The summed E-state index contributed by atoms with van der Waals surface area (Å²) in [5.74, 6) is 1.57. The Morgan fingerprint density at radius 2 is 1.54 bits per heavy atom. The smallest absolute Gasteiger partial charge is 0.247 e. The van der Waals surface area contributed by atoms with Crippen LogP contribution in [0.25, 0.3) is 22.0 Å². The number of benzene rings is 3. The quantitative estimate of drug-likeness (QED) is 0.337. The first-order chi connectivity index (χ1) is 18.0. The van der Waals surface area contributed by atoms with E-state index in [2.05, 4.69) is 39.4 Å². The molecule has 0 spiro atoms. The third-order valence-electron chi connectivity index (χ3n) is 6.40. The molecule has 0 bridgehead atoms. The fourth-order valence-electron chi connectivity index (χ4n) is 4.51. The number of anilines is 1. The summed E-state index contributed by atoms with van der Waals surface area (Å²) in [4.78, 5) is 2.19. The van der Waals surface area contributed by atoms with Gasteiger partial charge in [0.25, 0.3) is 0 Å². The van der Waals surface area contributed by atoms with E-state index in [1.165, 1.54) is 9.69 Å². The van der Waals surface area contributed by atoms with Crippen molar-refractivity contribution in [2.24, 2.45) is 0 Å². The monoisotopic (exact) mass is 518 g/mol. The van der Waals surface area contributed by atoms with Gasteiger partial charge in [-0.05, 0) is 55.0 Å². The second kappa shape index (κ2) is 10.7. The maximum atomic E-state index is 13.5. The van der Waals surface area contributed by atoms with Crippen LogP contribution in [0.3, 0.4) is 0 Å². The molecule has 1 fully saturated rings. The lowest BCUT2D eigenvalue weighted by molar-refractivity contribution is 0.319. The van der Waals surface area contributed by atoms with Crippen LogP contribution in [0.2, 0.25) is 0 Å². The minimum atomic E-state index is -3.76. The molecule has 1 aliphatic rings. The van der Waals surface area contributed by atoms with E-state index >= 15 is 0 Å². The summed E-state index contributed by atoms with van der Waals surface area (Å²) in [5, 5.41) is 11.2. The molecule has 1 saturated heterocycles. The molecule has 0 saturated carbocycles. The van der Waals surface area contributed by atoms with Gasteiger partial charge in [0.1, 0.15) is 16.4 Å². The van der Waals surface area contributed by atoms with E-state index in [4.69, 9.17) is 9.47 Å². The van der Waals surface area contributed by atoms with Gasteiger partial charge in [-0.25, -0.2) is 8.42 Å². The van der Waals surface area contributed by atoms with E-state index in [0.29, 0.717) is 50.9 Å². The molecule has 192 valence electrons. The van der Waals surface area contributed by atoms with Crippen molar-refractivity contribution in [3.8, 4) is 22.8 Å². The molecular weight excluding hydrogens is 488 g/mol. The van der Waals surface area contributed by atoms with Crippen LogP contribution in [0.15, 0.2) is 77.7 Å². The first-order valence-electron chi connectivity index (χ1n) is 12.5. The fourth-order valence-corrected chi connectivity index (χ4v) is 6.08. The van der Waals surface area contributed by atoms with Gasteiger partial charge in [0, 0.05) is 37.8 Å². The Balaban J connectivity index is 1.29. The van der Waals surface area contributed by atoms with Crippen LogP contribution >= 0.6 is 0 Å². The highest BCUT2D eigenvalue weighted by atomic mass is 32.2. The fraction of sp³-hybridized carbons (Fsp3) is 0.286. The maximum Gasteiger partial charge on any atom is 0.247 e. The van der Waals surface area contributed by atoms with Crippen molar-refractivity contribution in [2.45, 2.75) is 18.7 Å². The van der Waals surface area contributed by atoms with E-state index in [9.17, 15) is 8.42 Å². The Hall–Kier alpha value is -3.69. The molecule has 0 atom stereocenters. The lowest BCUT2D eigenvalue weighted by Gasteiger charge is -2.34. The Labute approximate surface area is 217 Å². The molecule has 9 heteroatoms. The second-order valence-electron chi connectivity index (χ2n) is 8.70. The summed E-state index contributed by atoms with van der Waals surface area (Å²) in [5.41, 5.74) is 1.81. The average molecular weight is 519 g/mol. The molecule has 0 aliphatic carbocycles. The standard InChI is InChI=1S/C28H30N4O4S/c1-3-35-24-11-13-26(36-4-2)27(20-24)37(33,34)32-17-15-31(16-18-32)28-14-12-25(29-30-28)23-10-9-21-7-5-6-8-22(21)19-23/h5-14,19-20H,3-4,15-18H2,1-2H3. The summed E-state index contributed by atoms with van der Waals surface area (Å²) in [6.07, 6.45) is 0. The summed E-state index contributed by atoms with van der Waals surface area (Å²) in [7, 11) is -3.76. The largest absolute Gasteiger partial charge is 0.494 e. The average Bonchev–Trinajstić information content (AvgIpc) is 2.94. The lowest BCUT2D eigenvalue weighted by Crippen LogP contribution is -2.49. The highest BCUT2D eigenvalue weighted by molar-refractivity contribution is 7.89. The van der Waals surface area contributed by atoms with Crippen LogP contribution in [-0.2, 0) is 10.0 Å². The summed E-state index contributed by atoms with van der Waals surface area (Å²) in [6.45, 7) is 6.21. The number of fused-ring (bicyclic) bond motifs is 1. The van der Waals surface area contributed by atoms with Gasteiger partial charge in [0.05, 0.1) is 18.9 Å². The molecule has 0 N–H and O–H groups in total. The molecule has 4 aromatic rings. The van der Waals surface area contributed by atoms with Crippen molar-refractivity contribution >= 4 is 26.6 Å². The molecule has 3 aromatic carbocycles. The van der Waals surface area contributed by atoms with E-state index < -0.39 is 10.0 Å². The second-order valence-corrected chi connectivity index (χ2v) is 10.6. The van der Waals surface area contributed by atoms with Crippen molar-refractivity contribution < 1.29 is 17.9 Å². The molecule has 1 aromatic heterocycles. The van der Waals surface area contributed by atoms with E-state index in [1.807, 2.05) is 44.2 Å². The van der Waals surface area contributed by atoms with Crippen LogP contribution in [0.4, 0.5) is 5.82 Å². The summed E-state index contributed by atoms with van der Waals surface area (Å²) < 4.78 is 39.7. The Bertz CT molecular complexity index is 1480. The number of rotatable bonds is 8. The molecule has 0 amide bonds. The predicted molar refractivity (Wildman–Crippen MR) is 145 cm³/mol. The Morgan fingerprint density at radius 3 is 2.24 bits per heavy atom. The van der Waals surface area contributed by atoms with Crippen LogP contribution in [-0.4, -0.2) is 62.3 Å². The zero-order chi connectivity index (χ0) is 25.8. The van der Waals surface area contributed by atoms with Gasteiger partial charge in [0.2, 0.25) is 10.0 Å². The van der Waals surface area contributed by atoms with Crippen molar-refractivity contribution in [3.63, 3.8) is 0 Å². The van der Waals surface area contributed by atoms with E-state index in [-0.39, 0.29) is 4.90 Å². The van der Waals surface area contributed by atoms with Gasteiger partial charge >= 0.3 is 0 Å². The minimum Gasteiger partial charge on any atom is -0.494 e. The van der Waals surface area contributed by atoms with Gasteiger partial charge in [-0.15, -0.1) is 10.2 Å². The molecule has 0 radical (unpaired) electrons. The van der Waals surface area contributed by atoms with Gasteiger partial charge < -0.3 is 14.4 Å². The Morgan fingerprint density at radius 1 is 0.784 bits per heavy atom. The van der Waals surface area contributed by atoms with Crippen molar-refractivity contribution in [1.82, 2.24) is 14.5 Å². The van der Waals surface area contributed by atoms with Crippen LogP contribution in [0.5, 0.6) is 11.5 Å². The number of sulfonamides is 1. The molecule has 1 aliphatic heterocycles. The highest BCUT2D eigenvalue weighted by Gasteiger charge is 2.32. The van der Waals surface area contributed by atoms with Gasteiger partial charge in [0.15, 0.2) is 5.82 Å². The number of hydrogen-bond donors (Lipinski definition) is 0. The van der Waals surface area contributed by atoms with Gasteiger partial charge in [-0.3, -0.25) is 0 Å². The van der Waals surface area contributed by atoms with Crippen LogP contribution in [0.1, 0.15) is 13.8 Å². The van der Waals surface area contributed by atoms with Gasteiger partial charge in [-0.2, -0.15) is 4.31 Å². The van der Waals surface area contributed by atoms with Crippen molar-refractivity contribution in [2.75, 3.05) is 44.3 Å². The lowest BCUT2D eigenvalue weighted by atomic mass is 10.1. The number of ether oxygens (including phenoxy) is 2. The number of hydrogen-bond acceptors (Lipinski definition) is 7. The van der Waals surface area contributed by atoms with E-state index in [0.717, 1.165) is 22.5 Å². The molecule has 2 heterocycles. The summed E-state index contributed by atoms with van der Waals surface area (Å²) in [6, 6.07) is 23.3. The van der Waals surface area contributed by atoms with Crippen LogP contribution in [0, 0.1) is 0 Å². The molecule has 37 heavy (non-hydrogen) atoms. The van der Waals surface area contributed by atoms with Crippen molar-refractivity contribution in [1.29, 1.82) is 0 Å². The highest BCUT2D eigenvalue weighted by Crippen LogP contribution is 2.32. The van der Waals surface area contributed by atoms with Gasteiger partial charge in [-0.1, -0.05) is 36.4 Å². The SMILES string of the molecule is CCOc1ccc(OCC)c(S(=O)(=O)N2CCN(c3ccc(-c4ccc5ccccc5c4)nn3)CC2)c1. The van der Waals surface area contributed by atoms with Crippen molar-refractivity contribution in [3.05, 3.63) is 72.8 Å². The normalized spacial score (nSPS) is 14.6. The molecular formula is C28H30N4O4S. The Kier molecular flexibility index (Phi) is 7.25. The molecule has 5 rings (SSSR count).